The number of hydrogen-bond donors (Lipinski definition) is 2. The highest BCUT2D eigenvalue weighted by atomic mass is 16.4. The van der Waals surface area contributed by atoms with Gasteiger partial charge in [0.2, 0.25) is 0 Å². The Bertz CT molecular complexity index is 535. The maximum absolute atomic E-state index is 12.1. The van der Waals surface area contributed by atoms with E-state index in [-0.39, 0.29) is 11.6 Å². The molecule has 0 saturated heterocycles. The van der Waals surface area contributed by atoms with E-state index in [2.05, 4.69) is 10.3 Å². The van der Waals surface area contributed by atoms with E-state index in [0.29, 0.717) is 17.5 Å². The molecule has 1 amide bonds. The fraction of sp³-hybridized carbons (Fsp3) is 0.562. The van der Waals surface area contributed by atoms with Gasteiger partial charge >= 0.3 is 5.97 Å². The first-order valence-corrected chi connectivity index (χ1v) is 7.65. The summed E-state index contributed by atoms with van der Waals surface area (Å²) in [6.07, 6.45) is 9.00. The standard InChI is InChI=1S/C16H20N2O3/c19-15(11-6-7-13(16(20)21)17-9-11)18-14-8-12(14)10-4-2-1-3-5-10/h6-7,9-10,12,14H,1-5,8H2,(H,18,19)(H,20,21). The van der Waals surface area contributed by atoms with Crippen LogP contribution in [0.3, 0.4) is 0 Å². The summed E-state index contributed by atoms with van der Waals surface area (Å²) in [6.45, 7) is 0. The summed E-state index contributed by atoms with van der Waals surface area (Å²) in [7, 11) is 0. The number of aromatic nitrogens is 1. The number of carboxylic acids is 1. The molecule has 2 atom stereocenters. The molecule has 1 aromatic rings. The number of nitrogens with one attached hydrogen (secondary N) is 1. The molecule has 0 radical (unpaired) electrons. The number of aromatic carboxylic acids is 1. The predicted molar refractivity (Wildman–Crippen MR) is 77.1 cm³/mol. The Morgan fingerprint density at radius 1 is 1.19 bits per heavy atom. The van der Waals surface area contributed by atoms with Crippen molar-refractivity contribution in [3.8, 4) is 0 Å². The Labute approximate surface area is 123 Å². The maximum atomic E-state index is 12.1. The second-order valence-corrected chi connectivity index (χ2v) is 6.11. The lowest BCUT2D eigenvalue weighted by molar-refractivity contribution is 0.0689. The van der Waals surface area contributed by atoms with E-state index in [1.807, 2.05) is 0 Å². The number of pyridine rings is 1. The quantitative estimate of drug-likeness (QED) is 0.892. The van der Waals surface area contributed by atoms with Crippen molar-refractivity contribution in [3.05, 3.63) is 29.6 Å². The Kier molecular flexibility index (Phi) is 3.90. The van der Waals surface area contributed by atoms with Gasteiger partial charge in [-0.1, -0.05) is 32.1 Å². The Balaban J connectivity index is 1.54. The molecule has 2 fully saturated rings. The lowest BCUT2D eigenvalue weighted by atomic mass is 9.85. The summed E-state index contributed by atoms with van der Waals surface area (Å²) in [5, 5.41) is 11.8. The van der Waals surface area contributed by atoms with Gasteiger partial charge in [-0.2, -0.15) is 0 Å². The average molecular weight is 288 g/mol. The molecule has 2 saturated carbocycles. The molecule has 2 aliphatic carbocycles. The van der Waals surface area contributed by atoms with Crippen molar-refractivity contribution in [2.45, 2.75) is 44.6 Å². The van der Waals surface area contributed by atoms with Crippen molar-refractivity contribution in [1.82, 2.24) is 10.3 Å². The molecule has 1 aromatic heterocycles. The van der Waals surface area contributed by atoms with Gasteiger partial charge in [0.05, 0.1) is 5.56 Å². The molecule has 112 valence electrons. The van der Waals surface area contributed by atoms with Crippen LogP contribution in [-0.4, -0.2) is 28.0 Å². The first-order valence-electron chi connectivity index (χ1n) is 7.65. The van der Waals surface area contributed by atoms with Crippen LogP contribution in [0.1, 0.15) is 59.4 Å². The van der Waals surface area contributed by atoms with Crippen LogP contribution >= 0.6 is 0 Å². The van der Waals surface area contributed by atoms with E-state index in [1.165, 1.54) is 50.4 Å². The largest absolute Gasteiger partial charge is 0.477 e. The van der Waals surface area contributed by atoms with Crippen molar-refractivity contribution >= 4 is 11.9 Å². The summed E-state index contributed by atoms with van der Waals surface area (Å²) in [4.78, 5) is 26.6. The van der Waals surface area contributed by atoms with Gasteiger partial charge in [0.1, 0.15) is 5.69 Å². The van der Waals surface area contributed by atoms with Crippen LogP contribution in [0, 0.1) is 11.8 Å². The first kappa shape index (κ1) is 14.0. The van der Waals surface area contributed by atoms with Gasteiger partial charge in [-0.15, -0.1) is 0 Å². The number of amides is 1. The van der Waals surface area contributed by atoms with Crippen LogP contribution in [0.25, 0.3) is 0 Å². The Morgan fingerprint density at radius 2 is 1.95 bits per heavy atom. The highest BCUT2D eigenvalue weighted by Gasteiger charge is 2.43. The number of carbonyl (C=O) groups is 2. The maximum Gasteiger partial charge on any atom is 0.354 e. The molecule has 5 heteroatoms. The van der Waals surface area contributed by atoms with Crippen LogP contribution in [-0.2, 0) is 0 Å². The summed E-state index contributed by atoms with van der Waals surface area (Å²) < 4.78 is 0. The molecule has 3 rings (SSSR count). The highest BCUT2D eigenvalue weighted by Crippen LogP contribution is 2.44. The van der Waals surface area contributed by atoms with Crippen molar-refractivity contribution < 1.29 is 14.7 Å². The molecule has 2 N–H and O–H groups in total. The number of nitrogens with zero attached hydrogens (tertiary/aromatic N) is 1. The van der Waals surface area contributed by atoms with Gasteiger partial charge in [-0.3, -0.25) is 4.79 Å². The molecular weight excluding hydrogens is 268 g/mol. The molecule has 0 aromatic carbocycles. The van der Waals surface area contributed by atoms with Crippen LogP contribution in [0.4, 0.5) is 0 Å². The summed E-state index contributed by atoms with van der Waals surface area (Å²) >= 11 is 0. The fourth-order valence-electron chi connectivity index (χ4n) is 3.37. The molecule has 2 unspecified atom stereocenters. The van der Waals surface area contributed by atoms with Gasteiger partial charge < -0.3 is 10.4 Å². The number of carboxylic acid groups (broad SMARTS) is 1. The smallest absolute Gasteiger partial charge is 0.354 e. The second kappa shape index (κ2) is 5.84. The van der Waals surface area contributed by atoms with Gasteiger partial charge in [-0.25, -0.2) is 9.78 Å². The SMILES string of the molecule is O=C(NC1CC1C1CCCCC1)c1ccc(C(=O)O)nc1. The van der Waals surface area contributed by atoms with Crippen LogP contribution < -0.4 is 5.32 Å². The van der Waals surface area contributed by atoms with E-state index in [1.54, 1.807) is 0 Å². The molecular formula is C16H20N2O3. The third kappa shape index (κ3) is 3.23. The average Bonchev–Trinajstić information content (AvgIpc) is 3.27. The minimum atomic E-state index is -1.08. The van der Waals surface area contributed by atoms with Gasteiger partial charge in [0.25, 0.3) is 5.91 Å². The number of rotatable bonds is 4. The van der Waals surface area contributed by atoms with E-state index in [9.17, 15) is 9.59 Å². The summed E-state index contributed by atoms with van der Waals surface area (Å²) in [5.74, 6) is 0.182. The van der Waals surface area contributed by atoms with Crippen molar-refractivity contribution in [2.75, 3.05) is 0 Å². The van der Waals surface area contributed by atoms with Crippen molar-refractivity contribution in [1.29, 1.82) is 0 Å². The van der Waals surface area contributed by atoms with Crippen molar-refractivity contribution in [3.63, 3.8) is 0 Å². The third-order valence-electron chi connectivity index (χ3n) is 4.66. The van der Waals surface area contributed by atoms with Gasteiger partial charge in [0.15, 0.2) is 0 Å². The van der Waals surface area contributed by atoms with E-state index in [4.69, 9.17) is 5.11 Å². The minimum Gasteiger partial charge on any atom is -0.477 e. The Hall–Kier alpha value is -1.91. The highest BCUT2D eigenvalue weighted by molar-refractivity contribution is 5.95. The summed E-state index contributed by atoms with van der Waals surface area (Å²) in [6, 6.07) is 3.17. The molecule has 5 nitrogen and oxygen atoms in total. The summed E-state index contributed by atoms with van der Waals surface area (Å²) in [5.41, 5.74) is 0.382. The van der Waals surface area contributed by atoms with Crippen LogP contribution in [0.2, 0.25) is 0 Å². The lowest BCUT2D eigenvalue weighted by Crippen LogP contribution is -2.28. The molecule has 1 heterocycles. The molecule has 21 heavy (non-hydrogen) atoms. The van der Waals surface area contributed by atoms with E-state index in [0.717, 1.165) is 12.3 Å². The first-order chi connectivity index (χ1) is 10.1. The lowest BCUT2D eigenvalue weighted by Gasteiger charge is -2.21. The zero-order valence-corrected chi connectivity index (χ0v) is 11.9. The van der Waals surface area contributed by atoms with Crippen LogP contribution in [0.15, 0.2) is 18.3 Å². The Morgan fingerprint density at radius 3 is 2.57 bits per heavy atom. The number of carbonyl (C=O) groups excluding carboxylic acids is 1. The third-order valence-corrected chi connectivity index (χ3v) is 4.66. The minimum absolute atomic E-state index is 0.0435. The van der Waals surface area contributed by atoms with Gasteiger partial charge in [-0.05, 0) is 30.4 Å². The molecule has 0 spiro atoms. The second-order valence-electron chi connectivity index (χ2n) is 6.11. The topological polar surface area (TPSA) is 79.3 Å². The zero-order valence-electron chi connectivity index (χ0n) is 11.9. The monoisotopic (exact) mass is 288 g/mol. The predicted octanol–water partition coefficient (Wildman–Crippen LogP) is 2.48. The van der Waals surface area contributed by atoms with Crippen molar-refractivity contribution in [2.24, 2.45) is 11.8 Å². The molecule has 0 aliphatic heterocycles. The number of hydrogen-bond acceptors (Lipinski definition) is 3. The van der Waals surface area contributed by atoms with Gasteiger partial charge in [0, 0.05) is 12.2 Å². The molecule has 2 aliphatic rings. The van der Waals surface area contributed by atoms with E-state index < -0.39 is 5.97 Å². The fourth-order valence-corrected chi connectivity index (χ4v) is 3.37. The normalized spacial score (nSPS) is 25.3. The van der Waals surface area contributed by atoms with Crippen LogP contribution in [0.5, 0.6) is 0 Å². The van der Waals surface area contributed by atoms with E-state index >= 15 is 0 Å². The molecule has 0 bridgehead atoms. The zero-order chi connectivity index (χ0) is 14.8.